The van der Waals surface area contributed by atoms with Gasteiger partial charge in [-0.1, -0.05) is 66.2 Å². The average molecular weight is 603 g/mol. The Bertz CT molecular complexity index is 587. The summed E-state index contributed by atoms with van der Waals surface area (Å²) in [5, 5.41) is 20.6. The summed E-state index contributed by atoms with van der Waals surface area (Å²) in [5.41, 5.74) is 0.297. The van der Waals surface area contributed by atoms with Crippen LogP contribution in [0.5, 0.6) is 0 Å². The molecule has 0 radical (unpaired) electrons. The fourth-order valence-electron chi connectivity index (χ4n) is 2.47. The summed E-state index contributed by atoms with van der Waals surface area (Å²) in [6.07, 6.45) is 10.4. The van der Waals surface area contributed by atoms with Crippen LogP contribution in [-0.4, -0.2) is 58.2 Å². The first-order chi connectivity index (χ1) is 16.6. The van der Waals surface area contributed by atoms with E-state index in [1.54, 1.807) is 13.8 Å². The quantitative estimate of drug-likeness (QED) is 0.114. The molecule has 8 nitrogen and oxygen atoms in total. The molecule has 0 atom stereocenters. The van der Waals surface area contributed by atoms with E-state index in [1.165, 1.54) is 0 Å². The summed E-state index contributed by atoms with van der Waals surface area (Å²) in [4.78, 5) is 47.9. The number of unbranched alkanes of at least 4 members (excludes halogenated alkanes) is 6. The summed E-state index contributed by atoms with van der Waals surface area (Å²) in [6.45, 7) is 8.31. The molecule has 0 aliphatic heterocycles. The predicted octanol–water partition coefficient (Wildman–Crippen LogP) is 3.18. The Labute approximate surface area is 221 Å². The van der Waals surface area contributed by atoms with E-state index < -0.39 is 23.9 Å². The second-order valence-corrected chi connectivity index (χ2v) is 10.4. The van der Waals surface area contributed by atoms with Gasteiger partial charge in [0.1, 0.15) is 0 Å². The van der Waals surface area contributed by atoms with Crippen molar-refractivity contribution in [1.29, 1.82) is 0 Å². The minimum absolute atomic E-state index is 0.149. The van der Waals surface area contributed by atoms with Gasteiger partial charge in [-0.2, -0.15) is 0 Å². The summed E-state index contributed by atoms with van der Waals surface area (Å²) in [7, 11) is 0. The van der Waals surface area contributed by atoms with Crippen LogP contribution < -0.4 is 10.2 Å². The summed E-state index contributed by atoms with van der Waals surface area (Å²) >= 11 is 0.230. The fourth-order valence-corrected chi connectivity index (χ4v) is 2.47. The molecule has 0 aliphatic carbocycles. The number of carboxylic acids is 2. The third-order valence-electron chi connectivity index (χ3n) is 4.33. The van der Waals surface area contributed by atoms with Crippen LogP contribution in [0.15, 0.2) is 23.3 Å². The van der Waals surface area contributed by atoms with Gasteiger partial charge in [-0.3, -0.25) is 0 Å². The Morgan fingerprint density at radius 3 is 1.17 bits per heavy atom. The number of carbonyl (C=O) groups is 4. The van der Waals surface area contributed by atoms with E-state index >= 15 is 0 Å². The van der Waals surface area contributed by atoms with Gasteiger partial charge in [0.05, 0.1) is 25.2 Å². The van der Waals surface area contributed by atoms with Crippen LogP contribution in [0.3, 0.4) is 0 Å². The average Bonchev–Trinajstić information content (AvgIpc) is 2.81. The van der Waals surface area contributed by atoms with Crippen LogP contribution in [0, 0.1) is 0 Å². The van der Waals surface area contributed by atoms with Crippen LogP contribution >= 0.6 is 0 Å². The number of rotatable bonds is 16. The van der Waals surface area contributed by atoms with Crippen molar-refractivity contribution >= 4 is 45.0 Å². The van der Waals surface area contributed by atoms with Gasteiger partial charge in [0.2, 0.25) is 0 Å². The first-order valence-electron chi connectivity index (χ1n) is 12.4. The Morgan fingerprint density at radius 2 is 0.943 bits per heavy atom. The van der Waals surface area contributed by atoms with Gasteiger partial charge in [-0.25, -0.2) is 9.59 Å². The van der Waals surface area contributed by atoms with Gasteiger partial charge in [0.15, 0.2) is 0 Å². The van der Waals surface area contributed by atoms with Crippen LogP contribution in [-0.2, 0) is 28.7 Å². The maximum absolute atomic E-state index is 11.4. The topological polar surface area (TPSA) is 133 Å². The molecule has 0 saturated carbocycles. The number of carbonyl (C=O) groups excluding carboxylic acids is 4. The second kappa shape index (κ2) is 28.4. The molecule has 0 fully saturated rings. The molecule has 0 aromatic heterocycles. The van der Waals surface area contributed by atoms with E-state index in [-0.39, 0.29) is 32.3 Å². The second-order valence-electron chi connectivity index (χ2n) is 7.58. The molecule has 35 heavy (non-hydrogen) atoms. The van der Waals surface area contributed by atoms with Crippen molar-refractivity contribution in [1.82, 2.24) is 0 Å². The zero-order chi connectivity index (χ0) is 27.5. The number of hydrogen-bond donors (Lipinski definition) is 0. The van der Waals surface area contributed by atoms with Crippen LogP contribution in [0.2, 0.25) is 9.88 Å². The zero-order valence-corrected chi connectivity index (χ0v) is 25.3. The van der Waals surface area contributed by atoms with E-state index in [0.29, 0.717) is 26.1 Å². The van der Waals surface area contributed by atoms with Gasteiger partial charge in [0.25, 0.3) is 0 Å². The van der Waals surface area contributed by atoms with Crippen molar-refractivity contribution < 1.29 is 38.9 Å². The van der Waals surface area contributed by atoms with Crippen molar-refractivity contribution in [2.45, 2.75) is 102 Å². The molecule has 0 spiro atoms. The van der Waals surface area contributed by atoms with Crippen LogP contribution in [0.4, 0.5) is 0 Å². The molecule has 0 aromatic rings. The Balaban J connectivity index is -0.000000525. The van der Waals surface area contributed by atoms with E-state index in [2.05, 4.69) is 23.7 Å². The molecule has 0 N–H and O–H groups in total. The molecular formula is C26H44O8Sn. The van der Waals surface area contributed by atoms with Gasteiger partial charge in [-0.05, 0) is 37.8 Å². The van der Waals surface area contributed by atoms with Crippen molar-refractivity contribution in [3.05, 3.63) is 23.3 Å². The van der Waals surface area contributed by atoms with Gasteiger partial charge < -0.3 is 29.3 Å². The molecule has 0 saturated heterocycles. The van der Waals surface area contributed by atoms with Crippen molar-refractivity contribution in [2.75, 3.05) is 13.2 Å². The Morgan fingerprint density at radius 1 is 0.629 bits per heavy atom. The zero-order valence-electron chi connectivity index (χ0n) is 22.4. The van der Waals surface area contributed by atoms with Crippen molar-refractivity contribution in [2.24, 2.45) is 0 Å². The van der Waals surface area contributed by atoms with E-state index in [9.17, 15) is 29.4 Å². The van der Waals surface area contributed by atoms with E-state index in [4.69, 9.17) is 9.47 Å². The third kappa shape index (κ3) is 28.3. The van der Waals surface area contributed by atoms with Crippen molar-refractivity contribution in [3.63, 3.8) is 0 Å². The first-order valence-corrected chi connectivity index (χ1v) is 18.1. The molecule has 0 heterocycles. The van der Waals surface area contributed by atoms with E-state index in [1.807, 2.05) is 0 Å². The number of carboxylic acid groups (broad SMARTS) is 2. The van der Waals surface area contributed by atoms with E-state index in [0.717, 1.165) is 63.5 Å². The fraction of sp³-hybridized carbons (Fsp3) is 0.692. The molecular weight excluding hydrogens is 559 g/mol. The van der Waals surface area contributed by atoms with Crippen LogP contribution in [0.25, 0.3) is 0 Å². The summed E-state index contributed by atoms with van der Waals surface area (Å²) in [5.74, 6) is -3.83. The summed E-state index contributed by atoms with van der Waals surface area (Å²) in [6, 6.07) is 0. The normalized spacial score (nSPS) is 10.6. The van der Waals surface area contributed by atoms with Crippen molar-refractivity contribution in [3.8, 4) is 0 Å². The Kier molecular flexibility index (Phi) is 30.6. The predicted molar refractivity (Wildman–Crippen MR) is 134 cm³/mol. The summed E-state index contributed by atoms with van der Waals surface area (Å²) < 4.78 is 9.89. The molecule has 9 heteroatoms. The molecule has 0 aliphatic rings. The molecule has 0 rings (SSSR count). The van der Waals surface area contributed by atoms with Crippen LogP contribution in [0.1, 0.15) is 91.9 Å². The SMILES string of the molecule is CCCCCCOC(=O)/C(=C\C(=O)[O-])CC.CCCCCCOC(=O)/C(=C\C(=O)[O-])CC.[CH3][Sn+2][CH3]. The molecule has 0 aromatic carbocycles. The minimum atomic E-state index is -1.36. The number of aliphatic carboxylic acids is 2. The molecule has 0 unspecified atom stereocenters. The molecule has 0 amide bonds. The monoisotopic (exact) mass is 604 g/mol. The standard InChI is InChI=1S/2C12H20O4.2CH3.Sn/c2*1-3-5-6-7-8-16-12(15)10(4-2)9-11(13)14;;;/h2*9H,3-8H2,1-2H3,(H,13,14);2*1H3;/q;;;;+2/p-2/b2*10-9-;;;. The van der Waals surface area contributed by atoms with Gasteiger partial charge >= 0.3 is 43.0 Å². The number of hydrogen-bond acceptors (Lipinski definition) is 8. The molecule has 200 valence electrons. The van der Waals surface area contributed by atoms with Gasteiger partial charge in [-0.15, -0.1) is 0 Å². The first kappa shape index (κ1) is 37.7. The maximum atomic E-state index is 11.4. The number of esters is 2. The molecule has 0 bridgehead atoms. The van der Waals surface area contributed by atoms with Gasteiger partial charge in [0, 0.05) is 11.1 Å². The number of ether oxygens (including phenoxy) is 2. The third-order valence-corrected chi connectivity index (χ3v) is 4.33. The Hall–Kier alpha value is -1.84.